The predicted molar refractivity (Wildman–Crippen MR) is 102 cm³/mol. The Hall–Kier alpha value is -2.70. The molecule has 0 aliphatic carbocycles. The van der Waals surface area contributed by atoms with Gasteiger partial charge in [0, 0.05) is 30.0 Å². The van der Waals surface area contributed by atoms with Gasteiger partial charge in [0.15, 0.2) is 0 Å². The molecule has 6 nitrogen and oxygen atoms in total. The maximum atomic E-state index is 12.4. The molecule has 3 rings (SSSR count). The van der Waals surface area contributed by atoms with Crippen molar-refractivity contribution in [2.24, 2.45) is 0 Å². The van der Waals surface area contributed by atoms with E-state index in [9.17, 15) is 4.79 Å². The van der Waals surface area contributed by atoms with Gasteiger partial charge in [-0.05, 0) is 36.8 Å². The average Bonchev–Trinajstić information content (AvgIpc) is 2.62. The molecule has 132 valence electrons. The SMILES string of the molecule is Cc1nc(Nc2ccc(Cl)cc2Cl)cc(C(=O)NCc2cccnc2)n1. The normalized spacial score (nSPS) is 10.4. The molecule has 0 atom stereocenters. The van der Waals surface area contributed by atoms with Crippen LogP contribution >= 0.6 is 23.2 Å². The topological polar surface area (TPSA) is 79.8 Å². The molecule has 0 bridgehead atoms. The summed E-state index contributed by atoms with van der Waals surface area (Å²) in [6.45, 7) is 2.08. The molecule has 0 unspecified atom stereocenters. The molecule has 2 aromatic heterocycles. The molecule has 3 aromatic rings. The molecule has 1 aromatic carbocycles. The van der Waals surface area contributed by atoms with Gasteiger partial charge in [-0.1, -0.05) is 29.3 Å². The summed E-state index contributed by atoms with van der Waals surface area (Å²) >= 11 is 12.1. The Morgan fingerprint density at radius 1 is 1.15 bits per heavy atom. The number of nitrogens with zero attached hydrogens (tertiary/aromatic N) is 3. The molecule has 1 amide bonds. The second-order valence-corrected chi connectivity index (χ2v) is 6.32. The Bertz CT molecular complexity index is 934. The number of anilines is 2. The minimum atomic E-state index is -0.301. The van der Waals surface area contributed by atoms with E-state index in [2.05, 4.69) is 25.6 Å². The van der Waals surface area contributed by atoms with Crippen LogP contribution in [0.15, 0.2) is 48.8 Å². The molecule has 0 saturated carbocycles. The van der Waals surface area contributed by atoms with Crippen molar-refractivity contribution in [3.63, 3.8) is 0 Å². The van der Waals surface area contributed by atoms with E-state index < -0.39 is 0 Å². The van der Waals surface area contributed by atoms with Gasteiger partial charge in [-0.3, -0.25) is 9.78 Å². The van der Waals surface area contributed by atoms with E-state index in [-0.39, 0.29) is 11.6 Å². The molecule has 0 radical (unpaired) electrons. The molecule has 0 aliphatic rings. The summed E-state index contributed by atoms with van der Waals surface area (Å²) in [4.78, 5) is 24.9. The maximum Gasteiger partial charge on any atom is 0.270 e. The zero-order valence-corrected chi connectivity index (χ0v) is 15.3. The Kier molecular flexibility index (Phi) is 5.65. The van der Waals surface area contributed by atoms with Crippen molar-refractivity contribution < 1.29 is 4.79 Å². The first kappa shape index (κ1) is 18.1. The molecule has 2 N–H and O–H groups in total. The fraction of sp³-hybridized carbons (Fsp3) is 0.111. The lowest BCUT2D eigenvalue weighted by Crippen LogP contribution is -2.24. The van der Waals surface area contributed by atoms with Crippen LogP contribution in [0.3, 0.4) is 0 Å². The van der Waals surface area contributed by atoms with Crippen LogP contribution in [-0.4, -0.2) is 20.9 Å². The summed E-state index contributed by atoms with van der Waals surface area (Å²) in [5, 5.41) is 6.88. The third-order valence-corrected chi connectivity index (χ3v) is 3.99. The number of halogens is 2. The van der Waals surface area contributed by atoms with E-state index in [4.69, 9.17) is 23.2 Å². The van der Waals surface area contributed by atoms with E-state index in [0.29, 0.717) is 33.9 Å². The minimum absolute atomic E-state index is 0.258. The lowest BCUT2D eigenvalue weighted by Gasteiger charge is -2.10. The first-order valence-corrected chi connectivity index (χ1v) is 8.52. The molecular formula is C18H15Cl2N5O. The van der Waals surface area contributed by atoms with Crippen molar-refractivity contribution in [1.29, 1.82) is 0 Å². The van der Waals surface area contributed by atoms with Crippen molar-refractivity contribution in [3.8, 4) is 0 Å². The van der Waals surface area contributed by atoms with Crippen molar-refractivity contribution in [2.75, 3.05) is 5.32 Å². The quantitative estimate of drug-likeness (QED) is 0.686. The molecule has 0 saturated heterocycles. The van der Waals surface area contributed by atoms with Crippen LogP contribution in [0, 0.1) is 6.92 Å². The molecule has 0 fully saturated rings. The molecule has 0 aliphatic heterocycles. The lowest BCUT2D eigenvalue weighted by atomic mass is 10.2. The number of carbonyl (C=O) groups is 1. The van der Waals surface area contributed by atoms with Crippen LogP contribution in [0.1, 0.15) is 21.9 Å². The standard InChI is InChI=1S/C18H15Cl2N5O/c1-11-23-16(18(26)22-10-12-3-2-6-21-9-12)8-17(24-11)25-15-5-4-13(19)7-14(15)20/h2-9H,10H2,1H3,(H,22,26)(H,23,24,25). The summed E-state index contributed by atoms with van der Waals surface area (Å²) in [7, 11) is 0. The van der Waals surface area contributed by atoms with Gasteiger partial charge in [0.25, 0.3) is 5.91 Å². The number of aryl methyl sites for hydroxylation is 1. The van der Waals surface area contributed by atoms with Gasteiger partial charge in [-0.25, -0.2) is 9.97 Å². The Morgan fingerprint density at radius 3 is 2.73 bits per heavy atom. The number of nitrogens with one attached hydrogen (secondary N) is 2. The maximum absolute atomic E-state index is 12.4. The van der Waals surface area contributed by atoms with E-state index in [1.807, 2.05) is 12.1 Å². The number of rotatable bonds is 5. The monoisotopic (exact) mass is 387 g/mol. The Labute approximate surface area is 160 Å². The first-order chi connectivity index (χ1) is 12.5. The second kappa shape index (κ2) is 8.12. The van der Waals surface area contributed by atoms with Crippen molar-refractivity contribution >= 4 is 40.6 Å². The van der Waals surface area contributed by atoms with Crippen LogP contribution in [0.2, 0.25) is 10.0 Å². The summed E-state index contributed by atoms with van der Waals surface area (Å²) in [5.41, 5.74) is 1.79. The van der Waals surface area contributed by atoms with Crippen LogP contribution in [0.5, 0.6) is 0 Å². The van der Waals surface area contributed by atoms with Gasteiger partial charge in [-0.2, -0.15) is 0 Å². The zero-order valence-electron chi connectivity index (χ0n) is 13.8. The van der Waals surface area contributed by atoms with Gasteiger partial charge in [0.1, 0.15) is 17.3 Å². The smallest absolute Gasteiger partial charge is 0.270 e. The number of pyridine rings is 1. The van der Waals surface area contributed by atoms with Crippen LogP contribution in [0.25, 0.3) is 0 Å². The van der Waals surface area contributed by atoms with E-state index in [1.165, 1.54) is 0 Å². The minimum Gasteiger partial charge on any atom is -0.347 e. The Morgan fingerprint density at radius 2 is 2.00 bits per heavy atom. The van der Waals surface area contributed by atoms with Gasteiger partial charge in [-0.15, -0.1) is 0 Å². The molecule has 26 heavy (non-hydrogen) atoms. The van der Waals surface area contributed by atoms with Gasteiger partial charge in [0.2, 0.25) is 0 Å². The predicted octanol–water partition coefficient (Wildman–Crippen LogP) is 4.16. The molecular weight excluding hydrogens is 373 g/mol. The highest BCUT2D eigenvalue weighted by molar-refractivity contribution is 6.36. The second-order valence-electron chi connectivity index (χ2n) is 5.48. The number of hydrogen-bond acceptors (Lipinski definition) is 5. The lowest BCUT2D eigenvalue weighted by molar-refractivity contribution is 0.0945. The van der Waals surface area contributed by atoms with Crippen molar-refractivity contribution in [3.05, 3.63) is 75.9 Å². The highest BCUT2D eigenvalue weighted by atomic mass is 35.5. The third-order valence-electron chi connectivity index (χ3n) is 3.44. The summed E-state index contributed by atoms with van der Waals surface area (Å²) in [6, 6.07) is 10.3. The third kappa shape index (κ3) is 4.68. The highest BCUT2D eigenvalue weighted by Gasteiger charge is 2.11. The number of hydrogen-bond donors (Lipinski definition) is 2. The molecule has 2 heterocycles. The zero-order chi connectivity index (χ0) is 18.5. The fourth-order valence-electron chi connectivity index (χ4n) is 2.25. The van der Waals surface area contributed by atoms with E-state index >= 15 is 0 Å². The largest absolute Gasteiger partial charge is 0.347 e. The molecule has 8 heteroatoms. The van der Waals surface area contributed by atoms with Gasteiger partial charge < -0.3 is 10.6 Å². The highest BCUT2D eigenvalue weighted by Crippen LogP contribution is 2.27. The van der Waals surface area contributed by atoms with Crippen molar-refractivity contribution in [2.45, 2.75) is 13.5 Å². The van der Waals surface area contributed by atoms with Gasteiger partial charge >= 0.3 is 0 Å². The van der Waals surface area contributed by atoms with Crippen LogP contribution in [-0.2, 0) is 6.54 Å². The Balaban J connectivity index is 1.75. The number of carbonyl (C=O) groups excluding carboxylic acids is 1. The van der Waals surface area contributed by atoms with E-state index in [1.54, 1.807) is 43.6 Å². The average molecular weight is 388 g/mol. The fourth-order valence-corrected chi connectivity index (χ4v) is 2.71. The van der Waals surface area contributed by atoms with Crippen molar-refractivity contribution in [1.82, 2.24) is 20.3 Å². The molecule has 0 spiro atoms. The number of amides is 1. The van der Waals surface area contributed by atoms with Crippen LogP contribution < -0.4 is 10.6 Å². The summed E-state index contributed by atoms with van der Waals surface area (Å²) in [5.74, 6) is 0.629. The summed E-state index contributed by atoms with van der Waals surface area (Å²) < 4.78 is 0. The number of aromatic nitrogens is 3. The van der Waals surface area contributed by atoms with Crippen LogP contribution in [0.4, 0.5) is 11.5 Å². The first-order valence-electron chi connectivity index (χ1n) is 7.76. The van der Waals surface area contributed by atoms with E-state index in [0.717, 1.165) is 5.56 Å². The van der Waals surface area contributed by atoms with Gasteiger partial charge in [0.05, 0.1) is 10.7 Å². The summed E-state index contributed by atoms with van der Waals surface area (Å²) in [6.07, 6.45) is 3.37. The number of benzene rings is 1.